The molecule has 2 aliphatic heterocycles. The summed E-state index contributed by atoms with van der Waals surface area (Å²) in [6.07, 6.45) is 1.13. The van der Waals surface area contributed by atoms with E-state index in [0.29, 0.717) is 6.04 Å². The molecule has 9 heavy (non-hydrogen) atoms. The number of piperidine rings is 1. The highest BCUT2D eigenvalue weighted by Gasteiger charge is 2.49. The van der Waals surface area contributed by atoms with Crippen LogP contribution in [-0.4, -0.2) is 24.2 Å². The standard InChI is InChI=1S/C6H9NO2/c1-3-2-4-5(9-4)6(8)7-3/h3-5H,2H2,1H3,(H,7,8). The molecule has 3 unspecified atom stereocenters. The summed E-state index contributed by atoms with van der Waals surface area (Å²) in [5.74, 6) is 0.0683. The van der Waals surface area contributed by atoms with Crippen molar-refractivity contribution >= 4 is 5.91 Å². The molecule has 2 saturated heterocycles. The van der Waals surface area contributed by atoms with Crippen LogP contribution >= 0.6 is 0 Å². The van der Waals surface area contributed by atoms with Gasteiger partial charge in [-0.25, -0.2) is 0 Å². The fourth-order valence-electron chi connectivity index (χ4n) is 1.29. The van der Waals surface area contributed by atoms with Crippen LogP contribution in [0.2, 0.25) is 0 Å². The van der Waals surface area contributed by atoms with Gasteiger partial charge in [-0.1, -0.05) is 0 Å². The van der Waals surface area contributed by atoms with Crippen LogP contribution in [0.4, 0.5) is 0 Å². The SMILES string of the molecule is CC1CC2OC2C(=O)N1. The van der Waals surface area contributed by atoms with Gasteiger partial charge in [-0.3, -0.25) is 4.79 Å². The van der Waals surface area contributed by atoms with E-state index < -0.39 is 0 Å². The number of nitrogens with one attached hydrogen (secondary N) is 1. The monoisotopic (exact) mass is 127 g/mol. The second kappa shape index (κ2) is 1.48. The van der Waals surface area contributed by atoms with Gasteiger partial charge in [-0.2, -0.15) is 0 Å². The molecule has 0 bridgehead atoms. The van der Waals surface area contributed by atoms with Gasteiger partial charge in [0.15, 0.2) is 6.10 Å². The van der Waals surface area contributed by atoms with Crippen molar-refractivity contribution in [3.63, 3.8) is 0 Å². The third kappa shape index (κ3) is 0.721. The molecule has 1 amide bonds. The molecule has 3 nitrogen and oxygen atoms in total. The van der Waals surface area contributed by atoms with E-state index >= 15 is 0 Å². The fraction of sp³-hybridized carbons (Fsp3) is 0.833. The van der Waals surface area contributed by atoms with Crippen molar-refractivity contribution in [1.82, 2.24) is 5.32 Å². The Morgan fingerprint density at radius 3 is 3.22 bits per heavy atom. The van der Waals surface area contributed by atoms with Gasteiger partial charge in [-0.15, -0.1) is 0 Å². The Hall–Kier alpha value is -0.570. The molecule has 3 atom stereocenters. The largest absolute Gasteiger partial charge is 0.359 e. The number of hydrogen-bond donors (Lipinski definition) is 1. The van der Waals surface area contributed by atoms with Crippen LogP contribution in [0.25, 0.3) is 0 Å². The van der Waals surface area contributed by atoms with Gasteiger partial charge in [0, 0.05) is 6.04 Å². The topological polar surface area (TPSA) is 41.6 Å². The Labute approximate surface area is 53.4 Å². The zero-order chi connectivity index (χ0) is 6.43. The van der Waals surface area contributed by atoms with E-state index in [1.165, 1.54) is 0 Å². The smallest absolute Gasteiger partial charge is 0.252 e. The maximum Gasteiger partial charge on any atom is 0.252 e. The molecule has 1 N–H and O–H groups in total. The molecule has 2 heterocycles. The Morgan fingerprint density at radius 2 is 2.56 bits per heavy atom. The van der Waals surface area contributed by atoms with E-state index in [-0.39, 0.29) is 18.1 Å². The zero-order valence-electron chi connectivity index (χ0n) is 5.26. The van der Waals surface area contributed by atoms with Crippen molar-refractivity contribution in [3.05, 3.63) is 0 Å². The molecule has 0 spiro atoms. The van der Waals surface area contributed by atoms with Crippen molar-refractivity contribution in [2.45, 2.75) is 31.6 Å². The average Bonchev–Trinajstić information content (AvgIpc) is 2.43. The summed E-state index contributed by atoms with van der Waals surface area (Å²) in [5, 5.41) is 2.81. The molecule has 0 aromatic carbocycles. The van der Waals surface area contributed by atoms with Crippen LogP contribution in [0.3, 0.4) is 0 Å². The number of hydrogen-bond acceptors (Lipinski definition) is 2. The van der Waals surface area contributed by atoms with Crippen molar-refractivity contribution in [2.75, 3.05) is 0 Å². The van der Waals surface area contributed by atoms with Gasteiger partial charge in [0.05, 0.1) is 6.10 Å². The molecule has 0 aliphatic carbocycles. The summed E-state index contributed by atoms with van der Waals surface area (Å²) >= 11 is 0. The number of fused-ring (bicyclic) bond motifs is 1. The minimum atomic E-state index is -0.0961. The van der Waals surface area contributed by atoms with E-state index in [0.717, 1.165) is 6.42 Å². The number of rotatable bonds is 0. The third-order valence-electron chi connectivity index (χ3n) is 1.82. The second-order valence-corrected chi connectivity index (χ2v) is 2.74. The first-order valence-corrected chi connectivity index (χ1v) is 3.23. The molecule has 0 aromatic rings. The van der Waals surface area contributed by atoms with Gasteiger partial charge in [0.2, 0.25) is 0 Å². The number of ether oxygens (including phenoxy) is 1. The predicted octanol–water partition coefficient (Wildman–Crippen LogP) is -0.338. The zero-order valence-corrected chi connectivity index (χ0v) is 5.26. The minimum absolute atomic E-state index is 0.0683. The van der Waals surface area contributed by atoms with Gasteiger partial charge in [0.25, 0.3) is 5.91 Å². The van der Waals surface area contributed by atoms with Crippen molar-refractivity contribution in [3.8, 4) is 0 Å². The lowest BCUT2D eigenvalue weighted by Crippen LogP contribution is -2.41. The van der Waals surface area contributed by atoms with E-state index in [4.69, 9.17) is 4.74 Å². The Morgan fingerprint density at radius 1 is 1.78 bits per heavy atom. The molecule has 3 heteroatoms. The highest BCUT2D eigenvalue weighted by Crippen LogP contribution is 2.30. The van der Waals surface area contributed by atoms with Crippen LogP contribution in [0.5, 0.6) is 0 Å². The fourth-order valence-corrected chi connectivity index (χ4v) is 1.29. The summed E-state index contributed by atoms with van der Waals surface area (Å²) in [4.78, 5) is 10.8. The first-order chi connectivity index (χ1) is 4.27. The normalized spacial score (nSPS) is 47.7. The first-order valence-electron chi connectivity index (χ1n) is 3.23. The predicted molar refractivity (Wildman–Crippen MR) is 30.9 cm³/mol. The second-order valence-electron chi connectivity index (χ2n) is 2.74. The Bertz CT molecular complexity index is 157. The van der Waals surface area contributed by atoms with Crippen molar-refractivity contribution in [1.29, 1.82) is 0 Å². The highest BCUT2D eigenvalue weighted by atomic mass is 16.6. The molecule has 0 radical (unpaired) electrons. The molecule has 0 saturated carbocycles. The number of carbonyl (C=O) groups excluding carboxylic acids is 1. The third-order valence-corrected chi connectivity index (χ3v) is 1.82. The minimum Gasteiger partial charge on any atom is -0.359 e. The molecule has 2 aliphatic rings. The van der Waals surface area contributed by atoms with Crippen molar-refractivity contribution < 1.29 is 9.53 Å². The van der Waals surface area contributed by atoms with Gasteiger partial charge in [-0.05, 0) is 13.3 Å². The summed E-state index contributed by atoms with van der Waals surface area (Å²) < 4.78 is 5.05. The Kier molecular flexibility index (Phi) is 0.858. The first kappa shape index (κ1) is 5.23. The van der Waals surface area contributed by atoms with Gasteiger partial charge < -0.3 is 10.1 Å². The van der Waals surface area contributed by atoms with E-state index in [1.54, 1.807) is 0 Å². The maximum atomic E-state index is 10.8. The summed E-state index contributed by atoms with van der Waals surface area (Å²) in [5.41, 5.74) is 0. The van der Waals surface area contributed by atoms with E-state index in [2.05, 4.69) is 5.32 Å². The lowest BCUT2D eigenvalue weighted by Gasteiger charge is -2.14. The van der Waals surface area contributed by atoms with Crippen LogP contribution in [0.1, 0.15) is 13.3 Å². The Balaban J connectivity index is 2.07. The molecule has 2 rings (SSSR count). The number of epoxide rings is 1. The molecule has 2 fully saturated rings. The van der Waals surface area contributed by atoms with Crippen LogP contribution in [0, 0.1) is 0 Å². The van der Waals surface area contributed by atoms with Gasteiger partial charge in [0.1, 0.15) is 0 Å². The molecular weight excluding hydrogens is 118 g/mol. The lowest BCUT2D eigenvalue weighted by molar-refractivity contribution is -0.123. The quantitative estimate of drug-likeness (QED) is 0.452. The molecule has 50 valence electrons. The van der Waals surface area contributed by atoms with Crippen LogP contribution in [-0.2, 0) is 9.53 Å². The van der Waals surface area contributed by atoms with E-state index in [1.807, 2.05) is 6.92 Å². The summed E-state index contributed by atoms with van der Waals surface area (Å²) in [6.45, 7) is 2.00. The summed E-state index contributed by atoms with van der Waals surface area (Å²) in [7, 11) is 0. The van der Waals surface area contributed by atoms with Gasteiger partial charge >= 0.3 is 0 Å². The van der Waals surface area contributed by atoms with Crippen LogP contribution < -0.4 is 5.32 Å². The molecular formula is C6H9NO2. The lowest BCUT2D eigenvalue weighted by atomic mass is 10.1. The maximum absolute atomic E-state index is 10.8. The number of amides is 1. The average molecular weight is 127 g/mol. The molecule has 0 aromatic heterocycles. The summed E-state index contributed by atoms with van der Waals surface area (Å²) in [6, 6.07) is 0.307. The van der Waals surface area contributed by atoms with Crippen molar-refractivity contribution in [2.24, 2.45) is 0 Å². The van der Waals surface area contributed by atoms with E-state index in [9.17, 15) is 4.79 Å². The van der Waals surface area contributed by atoms with Crippen LogP contribution in [0.15, 0.2) is 0 Å². The number of carbonyl (C=O) groups is 1. The highest BCUT2D eigenvalue weighted by molar-refractivity contribution is 5.84.